The molecule has 8 nitrogen and oxygen atoms in total. The average molecular weight is 403 g/mol. The highest BCUT2D eigenvalue weighted by Gasteiger charge is 2.16. The summed E-state index contributed by atoms with van der Waals surface area (Å²) in [5, 5.41) is 8.64. The molecule has 8 heteroatoms. The molecule has 4 rings (SSSR count). The largest absolute Gasteiger partial charge is 0.438 e. The van der Waals surface area contributed by atoms with Gasteiger partial charge in [0, 0.05) is 36.6 Å². The van der Waals surface area contributed by atoms with Crippen molar-refractivity contribution in [3.8, 4) is 11.6 Å². The van der Waals surface area contributed by atoms with E-state index in [-0.39, 0.29) is 11.8 Å². The number of aryl methyl sites for hydroxylation is 2. The summed E-state index contributed by atoms with van der Waals surface area (Å²) in [6.07, 6.45) is 2.82. The maximum absolute atomic E-state index is 12.1. The predicted octanol–water partition coefficient (Wildman–Crippen LogP) is 3.57. The summed E-state index contributed by atoms with van der Waals surface area (Å²) in [5.74, 6) is 0.928. The zero-order valence-electron chi connectivity index (χ0n) is 16.7. The number of aromatic nitrogens is 2. The molecule has 1 aromatic heterocycles. The fraction of sp³-hybridized carbons (Fsp3) is 0.182. The second-order valence-corrected chi connectivity index (χ2v) is 6.90. The molecular formula is C22H21N5O3. The van der Waals surface area contributed by atoms with E-state index in [2.05, 4.69) is 25.9 Å². The third-order valence-corrected chi connectivity index (χ3v) is 4.75. The van der Waals surface area contributed by atoms with E-state index in [1.54, 1.807) is 37.5 Å². The Morgan fingerprint density at radius 3 is 2.83 bits per heavy atom. The highest BCUT2D eigenvalue weighted by molar-refractivity contribution is 5.96. The number of fused-ring (bicyclic) bond motifs is 1. The minimum absolute atomic E-state index is 0.0314. The van der Waals surface area contributed by atoms with Gasteiger partial charge in [-0.25, -0.2) is 4.98 Å². The van der Waals surface area contributed by atoms with Crippen molar-refractivity contribution in [1.82, 2.24) is 15.3 Å². The Morgan fingerprint density at radius 1 is 1.17 bits per heavy atom. The van der Waals surface area contributed by atoms with Gasteiger partial charge in [0.1, 0.15) is 5.75 Å². The number of para-hydroxylation sites is 1. The molecule has 3 N–H and O–H groups in total. The lowest BCUT2D eigenvalue weighted by atomic mass is 10.0. The standard InChI is InChI=1S/C22H21N5O3/c1-13-12-24-22(25-15-8-9-17-14(11-15)7-10-19(28)26-17)27-21(13)30-18-6-4-3-5-16(18)20(29)23-2/h3-6,8-9,11-12H,7,10H2,1-2H3,(H,23,29)(H,26,28)(H,24,25,27). The third kappa shape index (κ3) is 4.07. The molecule has 0 unspecified atom stereocenters. The number of ether oxygens (including phenoxy) is 1. The van der Waals surface area contributed by atoms with Crippen LogP contribution < -0.4 is 20.7 Å². The number of nitrogens with zero attached hydrogens (tertiary/aromatic N) is 2. The molecule has 1 aliphatic rings. The summed E-state index contributed by atoms with van der Waals surface area (Å²) < 4.78 is 5.94. The van der Waals surface area contributed by atoms with E-state index in [0.29, 0.717) is 36.0 Å². The number of rotatable bonds is 5. The van der Waals surface area contributed by atoms with Crippen molar-refractivity contribution in [2.75, 3.05) is 17.7 Å². The fourth-order valence-electron chi connectivity index (χ4n) is 3.16. The lowest BCUT2D eigenvalue weighted by Crippen LogP contribution is -2.18. The molecule has 3 aromatic rings. The van der Waals surface area contributed by atoms with Crippen molar-refractivity contribution in [3.63, 3.8) is 0 Å². The van der Waals surface area contributed by atoms with E-state index in [1.807, 2.05) is 25.1 Å². The molecule has 30 heavy (non-hydrogen) atoms. The molecule has 0 bridgehead atoms. The summed E-state index contributed by atoms with van der Waals surface area (Å²) in [6, 6.07) is 12.7. The molecule has 0 saturated carbocycles. The number of hydrogen-bond acceptors (Lipinski definition) is 6. The molecule has 0 fully saturated rings. The van der Waals surface area contributed by atoms with Crippen molar-refractivity contribution in [2.45, 2.75) is 19.8 Å². The van der Waals surface area contributed by atoms with Crippen molar-refractivity contribution in [1.29, 1.82) is 0 Å². The van der Waals surface area contributed by atoms with Gasteiger partial charge in [0.2, 0.25) is 17.7 Å². The zero-order chi connectivity index (χ0) is 21.1. The number of hydrogen-bond donors (Lipinski definition) is 3. The van der Waals surface area contributed by atoms with Crippen LogP contribution in [0.4, 0.5) is 17.3 Å². The van der Waals surface area contributed by atoms with Crippen molar-refractivity contribution in [3.05, 3.63) is 65.4 Å². The van der Waals surface area contributed by atoms with Gasteiger partial charge in [-0.2, -0.15) is 4.98 Å². The Balaban J connectivity index is 1.57. The van der Waals surface area contributed by atoms with Crippen LogP contribution in [-0.4, -0.2) is 28.8 Å². The Hall–Kier alpha value is -3.94. The van der Waals surface area contributed by atoms with Crippen LogP contribution in [0.15, 0.2) is 48.7 Å². The zero-order valence-corrected chi connectivity index (χ0v) is 16.7. The smallest absolute Gasteiger partial charge is 0.254 e. The van der Waals surface area contributed by atoms with Crippen LogP contribution in [0.25, 0.3) is 0 Å². The SMILES string of the molecule is CNC(=O)c1ccccc1Oc1nc(Nc2ccc3c(c2)CCC(=O)N3)ncc1C. The molecule has 0 spiro atoms. The van der Waals surface area contributed by atoms with Gasteiger partial charge in [0.15, 0.2) is 0 Å². The molecule has 0 atom stereocenters. The Labute approximate surface area is 173 Å². The molecule has 1 aliphatic heterocycles. The van der Waals surface area contributed by atoms with Gasteiger partial charge in [-0.3, -0.25) is 9.59 Å². The summed E-state index contributed by atoms with van der Waals surface area (Å²) in [7, 11) is 1.57. The first-order valence-corrected chi connectivity index (χ1v) is 9.56. The molecule has 0 aliphatic carbocycles. The van der Waals surface area contributed by atoms with Gasteiger partial charge < -0.3 is 20.7 Å². The maximum Gasteiger partial charge on any atom is 0.254 e. The molecule has 2 amide bonds. The lowest BCUT2D eigenvalue weighted by molar-refractivity contribution is -0.116. The monoisotopic (exact) mass is 403 g/mol. The first kappa shape index (κ1) is 19.4. The van der Waals surface area contributed by atoms with Crippen LogP contribution in [0.2, 0.25) is 0 Å². The second kappa shape index (κ2) is 8.20. The van der Waals surface area contributed by atoms with E-state index in [9.17, 15) is 9.59 Å². The summed E-state index contributed by atoms with van der Waals surface area (Å²) in [5.41, 5.74) is 3.86. The summed E-state index contributed by atoms with van der Waals surface area (Å²) in [4.78, 5) is 32.4. The molecule has 2 heterocycles. The van der Waals surface area contributed by atoms with Crippen molar-refractivity contribution >= 4 is 29.1 Å². The highest BCUT2D eigenvalue weighted by atomic mass is 16.5. The number of anilines is 3. The van der Waals surface area contributed by atoms with Crippen molar-refractivity contribution in [2.24, 2.45) is 0 Å². The Morgan fingerprint density at radius 2 is 2.00 bits per heavy atom. The average Bonchev–Trinajstić information content (AvgIpc) is 2.76. The summed E-state index contributed by atoms with van der Waals surface area (Å²) in [6.45, 7) is 1.84. The molecule has 0 radical (unpaired) electrons. The van der Waals surface area contributed by atoms with Gasteiger partial charge in [0.25, 0.3) is 5.91 Å². The van der Waals surface area contributed by atoms with Crippen LogP contribution >= 0.6 is 0 Å². The normalized spacial score (nSPS) is 12.5. The Bertz CT molecular complexity index is 1130. The number of nitrogens with one attached hydrogen (secondary N) is 3. The van der Waals surface area contributed by atoms with Crippen molar-refractivity contribution < 1.29 is 14.3 Å². The topological polar surface area (TPSA) is 105 Å². The van der Waals surface area contributed by atoms with Crippen LogP contribution in [0.5, 0.6) is 11.6 Å². The fourth-order valence-corrected chi connectivity index (χ4v) is 3.16. The van der Waals surface area contributed by atoms with Crippen LogP contribution in [0.3, 0.4) is 0 Å². The Kier molecular flexibility index (Phi) is 5.30. The highest BCUT2D eigenvalue weighted by Crippen LogP contribution is 2.29. The molecular weight excluding hydrogens is 382 g/mol. The van der Waals surface area contributed by atoms with E-state index in [1.165, 1.54) is 0 Å². The van der Waals surface area contributed by atoms with Crippen LogP contribution in [0.1, 0.15) is 27.9 Å². The second-order valence-electron chi connectivity index (χ2n) is 6.90. The summed E-state index contributed by atoms with van der Waals surface area (Å²) >= 11 is 0. The van der Waals surface area contributed by atoms with E-state index in [4.69, 9.17) is 4.74 Å². The van der Waals surface area contributed by atoms with Gasteiger partial charge in [0.05, 0.1) is 5.56 Å². The first-order chi connectivity index (χ1) is 14.5. The van der Waals surface area contributed by atoms with Gasteiger partial charge in [-0.1, -0.05) is 12.1 Å². The third-order valence-electron chi connectivity index (χ3n) is 4.75. The van der Waals surface area contributed by atoms with Crippen LogP contribution in [-0.2, 0) is 11.2 Å². The minimum Gasteiger partial charge on any atom is -0.438 e. The maximum atomic E-state index is 12.1. The molecule has 0 saturated heterocycles. The van der Waals surface area contributed by atoms with Gasteiger partial charge >= 0.3 is 0 Å². The quantitative estimate of drug-likeness (QED) is 0.602. The predicted molar refractivity (Wildman–Crippen MR) is 113 cm³/mol. The molecule has 2 aromatic carbocycles. The number of benzene rings is 2. The van der Waals surface area contributed by atoms with E-state index >= 15 is 0 Å². The number of amides is 2. The number of carbonyl (C=O) groups excluding carboxylic acids is 2. The minimum atomic E-state index is -0.239. The van der Waals surface area contributed by atoms with Gasteiger partial charge in [-0.05, 0) is 49.2 Å². The van der Waals surface area contributed by atoms with Crippen LogP contribution in [0, 0.1) is 6.92 Å². The number of carbonyl (C=O) groups is 2. The van der Waals surface area contributed by atoms with E-state index < -0.39 is 0 Å². The van der Waals surface area contributed by atoms with Gasteiger partial charge in [-0.15, -0.1) is 0 Å². The molecule has 152 valence electrons. The van der Waals surface area contributed by atoms with E-state index in [0.717, 1.165) is 22.5 Å². The first-order valence-electron chi connectivity index (χ1n) is 9.56. The lowest BCUT2D eigenvalue weighted by Gasteiger charge is -2.18.